The van der Waals surface area contributed by atoms with Crippen LogP contribution in [0.4, 0.5) is 0 Å². The van der Waals surface area contributed by atoms with Crippen molar-refractivity contribution in [3.05, 3.63) is 74.8 Å². The number of pyridine rings is 1. The third kappa shape index (κ3) is 6.28. The molecule has 0 amide bonds. The minimum atomic E-state index is -0.0970. The first-order valence-electron chi connectivity index (χ1n) is 14.4. The van der Waals surface area contributed by atoms with Gasteiger partial charge in [-0.25, -0.2) is 4.68 Å². The lowest BCUT2D eigenvalue weighted by molar-refractivity contribution is 0.0893. The Labute approximate surface area is 240 Å². The summed E-state index contributed by atoms with van der Waals surface area (Å²) < 4.78 is 18.7. The molecule has 3 heterocycles. The maximum absolute atomic E-state index is 13.4. The molecule has 1 fully saturated rings. The van der Waals surface area contributed by atoms with Gasteiger partial charge >= 0.3 is 0 Å². The van der Waals surface area contributed by atoms with Gasteiger partial charge in [0.05, 0.1) is 38.4 Å². The van der Waals surface area contributed by atoms with Gasteiger partial charge in [0.2, 0.25) is 0 Å². The molecule has 2 aromatic heterocycles. The summed E-state index contributed by atoms with van der Waals surface area (Å²) >= 11 is 0. The van der Waals surface area contributed by atoms with Crippen LogP contribution in [-0.4, -0.2) is 63.6 Å². The number of benzene rings is 2. The molecular formula is C31H40N6O4. The number of methoxy groups -OCH3 is 2. The van der Waals surface area contributed by atoms with Gasteiger partial charge in [-0.1, -0.05) is 25.1 Å². The number of aryl methyl sites for hydroxylation is 2. The number of aromatic amines is 1. The van der Waals surface area contributed by atoms with Crippen LogP contribution in [0, 0.1) is 13.8 Å². The fourth-order valence-electron chi connectivity index (χ4n) is 5.77. The average molecular weight is 561 g/mol. The van der Waals surface area contributed by atoms with E-state index in [1.54, 1.807) is 14.2 Å². The molecule has 1 N–H and O–H groups in total. The second-order valence-corrected chi connectivity index (χ2v) is 10.8. The topological polar surface area (TPSA) is 107 Å². The highest BCUT2D eigenvalue weighted by molar-refractivity contribution is 5.85. The number of ether oxygens (including phenoxy) is 3. The fourth-order valence-corrected chi connectivity index (χ4v) is 5.77. The van der Waals surface area contributed by atoms with Gasteiger partial charge in [-0.3, -0.25) is 9.69 Å². The molecule has 41 heavy (non-hydrogen) atoms. The molecule has 0 aliphatic carbocycles. The van der Waals surface area contributed by atoms with Gasteiger partial charge < -0.3 is 19.2 Å². The Morgan fingerprint density at radius 2 is 1.93 bits per heavy atom. The Kier molecular flexibility index (Phi) is 8.99. The zero-order valence-electron chi connectivity index (χ0n) is 24.6. The number of rotatable bonds is 12. The Morgan fingerprint density at radius 3 is 2.66 bits per heavy atom. The molecule has 0 spiro atoms. The largest absolute Gasteiger partial charge is 0.493 e. The third-order valence-corrected chi connectivity index (χ3v) is 8.12. The Balaban J connectivity index is 1.49. The van der Waals surface area contributed by atoms with Crippen LogP contribution >= 0.6 is 0 Å². The Morgan fingerprint density at radius 1 is 1.12 bits per heavy atom. The summed E-state index contributed by atoms with van der Waals surface area (Å²) in [5.41, 5.74) is 4.83. The van der Waals surface area contributed by atoms with E-state index in [1.165, 1.54) is 0 Å². The van der Waals surface area contributed by atoms with E-state index >= 15 is 0 Å². The van der Waals surface area contributed by atoms with E-state index in [1.807, 2.05) is 35.9 Å². The maximum atomic E-state index is 13.4. The van der Waals surface area contributed by atoms with Gasteiger partial charge in [0, 0.05) is 30.6 Å². The predicted molar refractivity (Wildman–Crippen MR) is 158 cm³/mol. The summed E-state index contributed by atoms with van der Waals surface area (Å²) in [6.07, 6.45) is 3.70. The molecule has 218 valence electrons. The van der Waals surface area contributed by atoms with Crippen molar-refractivity contribution < 1.29 is 14.2 Å². The van der Waals surface area contributed by atoms with Crippen molar-refractivity contribution in [2.75, 3.05) is 27.4 Å². The lowest BCUT2D eigenvalue weighted by Crippen LogP contribution is -2.34. The monoisotopic (exact) mass is 560 g/mol. The summed E-state index contributed by atoms with van der Waals surface area (Å²) in [6, 6.07) is 12.1. The van der Waals surface area contributed by atoms with Gasteiger partial charge in [-0.15, -0.1) is 5.10 Å². The van der Waals surface area contributed by atoms with E-state index in [-0.39, 0.29) is 17.7 Å². The molecule has 0 unspecified atom stereocenters. The van der Waals surface area contributed by atoms with E-state index in [2.05, 4.69) is 51.4 Å². The maximum Gasteiger partial charge on any atom is 0.252 e. The number of hydrogen-bond acceptors (Lipinski definition) is 8. The number of nitrogens with one attached hydrogen (secondary N) is 1. The van der Waals surface area contributed by atoms with Crippen LogP contribution < -0.4 is 15.0 Å². The van der Waals surface area contributed by atoms with Crippen molar-refractivity contribution in [3.8, 4) is 11.5 Å². The Hall–Kier alpha value is -3.76. The summed E-state index contributed by atoms with van der Waals surface area (Å²) in [6.45, 7) is 8.78. The highest BCUT2D eigenvalue weighted by atomic mass is 16.5. The first-order chi connectivity index (χ1) is 19.9. The molecule has 1 saturated heterocycles. The number of nitrogens with zero attached hydrogens (tertiary/aromatic N) is 5. The minimum absolute atomic E-state index is 0.0730. The highest BCUT2D eigenvalue weighted by Crippen LogP contribution is 2.30. The van der Waals surface area contributed by atoms with Gasteiger partial charge in [-0.2, -0.15) is 0 Å². The molecule has 4 aromatic rings. The van der Waals surface area contributed by atoms with Crippen LogP contribution in [0.25, 0.3) is 10.9 Å². The standard InChI is InChI=1S/C31H40N6O4/c1-6-26(30-33-34-35-37(30)19-24-8-7-15-41-24)36(14-13-22-11-12-27(39-4)28(16-22)40-5)18-23-17-25-20(2)9-10-21(3)29(25)32-31(23)38/h9-12,16-17,24,26H,6-8,13-15,18-19H2,1-5H3,(H,32,38)/t24-,26+/m0/s1. The summed E-state index contributed by atoms with van der Waals surface area (Å²) in [4.78, 5) is 18.8. The number of aromatic nitrogens is 5. The molecule has 0 saturated carbocycles. The first-order valence-corrected chi connectivity index (χ1v) is 14.4. The average Bonchev–Trinajstić information content (AvgIpc) is 3.67. The van der Waals surface area contributed by atoms with Crippen LogP contribution in [0.1, 0.15) is 60.3 Å². The molecule has 1 aliphatic heterocycles. The number of hydrogen-bond donors (Lipinski definition) is 1. The number of tetrazole rings is 1. The molecule has 1 aliphatic rings. The van der Waals surface area contributed by atoms with E-state index in [9.17, 15) is 4.79 Å². The third-order valence-electron chi connectivity index (χ3n) is 8.12. The second kappa shape index (κ2) is 12.8. The molecule has 0 bridgehead atoms. The molecule has 2 aromatic carbocycles. The van der Waals surface area contributed by atoms with E-state index in [0.29, 0.717) is 31.1 Å². The summed E-state index contributed by atoms with van der Waals surface area (Å²) in [5.74, 6) is 2.18. The zero-order chi connectivity index (χ0) is 28.9. The lowest BCUT2D eigenvalue weighted by atomic mass is 10.0. The van der Waals surface area contributed by atoms with Crippen molar-refractivity contribution >= 4 is 10.9 Å². The lowest BCUT2D eigenvalue weighted by Gasteiger charge is -2.30. The minimum Gasteiger partial charge on any atom is -0.493 e. The zero-order valence-corrected chi connectivity index (χ0v) is 24.6. The van der Waals surface area contributed by atoms with E-state index < -0.39 is 0 Å². The van der Waals surface area contributed by atoms with Crippen molar-refractivity contribution in [3.63, 3.8) is 0 Å². The van der Waals surface area contributed by atoms with Crippen LogP contribution in [0.3, 0.4) is 0 Å². The van der Waals surface area contributed by atoms with Crippen molar-refractivity contribution in [2.24, 2.45) is 0 Å². The van der Waals surface area contributed by atoms with Crippen molar-refractivity contribution in [1.82, 2.24) is 30.1 Å². The molecule has 10 nitrogen and oxygen atoms in total. The fraction of sp³-hybridized carbons (Fsp3) is 0.484. The molecule has 2 atom stereocenters. The van der Waals surface area contributed by atoms with Crippen LogP contribution in [-0.2, 0) is 24.2 Å². The van der Waals surface area contributed by atoms with E-state index in [0.717, 1.165) is 71.3 Å². The van der Waals surface area contributed by atoms with Gasteiger partial charge in [0.15, 0.2) is 17.3 Å². The molecule has 5 rings (SSSR count). The quantitative estimate of drug-likeness (QED) is 0.270. The predicted octanol–water partition coefficient (Wildman–Crippen LogP) is 4.52. The SMILES string of the molecule is CC[C@H](c1nnnn1C[C@@H]1CCCO1)N(CCc1ccc(OC)c(OC)c1)Cc1cc2c(C)ccc(C)c2[nH]c1=O. The van der Waals surface area contributed by atoms with Crippen LogP contribution in [0.2, 0.25) is 0 Å². The van der Waals surface area contributed by atoms with Crippen LogP contribution in [0.15, 0.2) is 41.2 Å². The molecular weight excluding hydrogens is 520 g/mol. The second-order valence-electron chi connectivity index (χ2n) is 10.8. The van der Waals surface area contributed by atoms with Crippen molar-refractivity contribution in [2.45, 2.75) is 71.7 Å². The van der Waals surface area contributed by atoms with Crippen molar-refractivity contribution in [1.29, 1.82) is 0 Å². The van der Waals surface area contributed by atoms with Gasteiger partial charge in [-0.05, 0) is 84.8 Å². The smallest absolute Gasteiger partial charge is 0.252 e. The normalized spacial score (nSPS) is 16.0. The first kappa shape index (κ1) is 28.8. The summed E-state index contributed by atoms with van der Waals surface area (Å²) in [5, 5.41) is 13.9. The molecule has 10 heteroatoms. The van der Waals surface area contributed by atoms with Crippen LogP contribution in [0.5, 0.6) is 11.5 Å². The Bertz CT molecular complexity index is 1540. The number of H-pyrrole nitrogens is 1. The number of fused-ring (bicyclic) bond motifs is 1. The summed E-state index contributed by atoms with van der Waals surface area (Å²) in [7, 11) is 3.28. The van der Waals surface area contributed by atoms with Gasteiger partial charge in [0.1, 0.15) is 0 Å². The van der Waals surface area contributed by atoms with E-state index in [4.69, 9.17) is 14.2 Å². The van der Waals surface area contributed by atoms with Gasteiger partial charge in [0.25, 0.3) is 5.56 Å². The molecule has 0 radical (unpaired) electrons. The highest BCUT2D eigenvalue weighted by Gasteiger charge is 2.28.